The molecular formula is C23H19F3N4O3S. The molecule has 34 heavy (non-hydrogen) atoms. The fraction of sp³-hybridized carbons (Fsp3) is 0.217. The first kappa shape index (κ1) is 23.6. The van der Waals surface area contributed by atoms with E-state index in [0.29, 0.717) is 28.7 Å². The number of ether oxygens (including phenoxy) is 2. The quantitative estimate of drug-likeness (QED) is 0.550. The van der Waals surface area contributed by atoms with Gasteiger partial charge >= 0.3 is 6.18 Å². The molecule has 2 aromatic rings. The number of carbonyl (C=O) groups is 1. The Morgan fingerprint density at radius 3 is 2.59 bits per heavy atom. The Morgan fingerprint density at radius 2 is 1.91 bits per heavy atom. The number of rotatable bonds is 6. The maximum absolute atomic E-state index is 13.0. The summed E-state index contributed by atoms with van der Waals surface area (Å²) < 4.78 is 50.7. The van der Waals surface area contributed by atoms with Crippen molar-refractivity contribution in [2.75, 3.05) is 6.61 Å². The highest BCUT2D eigenvalue weighted by Gasteiger charge is 2.46. The van der Waals surface area contributed by atoms with Crippen LogP contribution in [0.5, 0.6) is 11.5 Å². The number of hydrogen-bond acceptors (Lipinski definition) is 6. The zero-order valence-corrected chi connectivity index (χ0v) is 18.9. The summed E-state index contributed by atoms with van der Waals surface area (Å²) in [6.07, 6.45) is -3.58. The van der Waals surface area contributed by atoms with Gasteiger partial charge in [-0.1, -0.05) is 36.4 Å². The van der Waals surface area contributed by atoms with E-state index < -0.39 is 23.0 Å². The number of benzene rings is 2. The minimum atomic E-state index is -4.70. The Labute approximate surface area is 197 Å². The fourth-order valence-corrected chi connectivity index (χ4v) is 3.99. The lowest BCUT2D eigenvalue weighted by atomic mass is 10.1. The van der Waals surface area contributed by atoms with E-state index in [1.54, 1.807) is 18.2 Å². The zero-order valence-electron chi connectivity index (χ0n) is 18.1. The summed E-state index contributed by atoms with van der Waals surface area (Å²) >= 11 is 0.208. The Balaban J connectivity index is 1.61. The third-order valence-corrected chi connectivity index (χ3v) is 5.80. The number of amidine groups is 2. The van der Waals surface area contributed by atoms with Crippen molar-refractivity contribution in [1.82, 2.24) is 5.01 Å². The van der Waals surface area contributed by atoms with Gasteiger partial charge in [-0.05, 0) is 54.9 Å². The molecule has 0 fully saturated rings. The van der Waals surface area contributed by atoms with Crippen LogP contribution in [0.1, 0.15) is 31.1 Å². The molecule has 1 atom stereocenters. The van der Waals surface area contributed by atoms with Crippen molar-refractivity contribution in [2.45, 2.75) is 26.1 Å². The molecule has 2 heterocycles. The molecule has 0 saturated carbocycles. The average Bonchev–Trinajstić information content (AvgIpc) is 3.24. The van der Waals surface area contributed by atoms with Gasteiger partial charge in [-0.3, -0.25) is 10.2 Å². The van der Waals surface area contributed by atoms with Crippen LogP contribution in [0.4, 0.5) is 13.2 Å². The monoisotopic (exact) mass is 488 g/mol. The molecule has 4 rings (SSSR count). The van der Waals surface area contributed by atoms with Crippen LogP contribution in [0, 0.1) is 5.41 Å². The molecule has 176 valence electrons. The van der Waals surface area contributed by atoms with Crippen LogP contribution in [0.2, 0.25) is 0 Å². The van der Waals surface area contributed by atoms with E-state index in [9.17, 15) is 18.0 Å². The molecule has 0 aromatic heterocycles. The Morgan fingerprint density at radius 1 is 1.18 bits per heavy atom. The Hall–Kier alpha value is -3.60. The number of nitrogens with zero attached hydrogens (tertiary/aromatic N) is 3. The topological polar surface area (TPSA) is 87.3 Å². The van der Waals surface area contributed by atoms with Gasteiger partial charge in [0.15, 0.2) is 17.3 Å². The number of halogens is 3. The molecule has 2 aromatic carbocycles. The molecule has 11 heteroatoms. The van der Waals surface area contributed by atoms with Crippen LogP contribution in [-0.4, -0.2) is 39.7 Å². The third-order valence-electron chi connectivity index (χ3n) is 4.85. The molecule has 0 saturated heterocycles. The van der Waals surface area contributed by atoms with E-state index in [0.717, 1.165) is 5.56 Å². The second kappa shape index (κ2) is 9.34. The van der Waals surface area contributed by atoms with Crippen LogP contribution in [0.3, 0.4) is 0 Å². The lowest BCUT2D eigenvalue weighted by molar-refractivity contribution is -0.114. The highest BCUT2D eigenvalue weighted by molar-refractivity contribution is 8.27. The predicted octanol–water partition coefficient (Wildman–Crippen LogP) is 5.41. The number of aliphatic imine (C=N–C) groups is 1. The highest BCUT2D eigenvalue weighted by atomic mass is 32.2. The number of hydrazone groups is 1. The fourth-order valence-electron chi connectivity index (χ4n) is 3.24. The summed E-state index contributed by atoms with van der Waals surface area (Å²) in [5, 5.41) is 10.9. The van der Waals surface area contributed by atoms with Gasteiger partial charge in [-0.2, -0.15) is 28.3 Å². The number of thioether (sulfide) groups is 1. The first-order chi connectivity index (χ1) is 16.2. The maximum Gasteiger partial charge on any atom is 0.441 e. The largest absolute Gasteiger partial charge is 0.490 e. The molecule has 0 aliphatic carbocycles. The lowest BCUT2D eigenvalue weighted by Gasteiger charge is -2.20. The van der Waals surface area contributed by atoms with Crippen molar-refractivity contribution in [3.05, 3.63) is 65.2 Å². The number of fused-ring (bicyclic) bond motifs is 1. The van der Waals surface area contributed by atoms with Crippen molar-refractivity contribution in [3.8, 4) is 11.5 Å². The van der Waals surface area contributed by atoms with Gasteiger partial charge in [0.05, 0.1) is 12.2 Å². The van der Waals surface area contributed by atoms with Crippen molar-refractivity contribution in [3.63, 3.8) is 0 Å². The van der Waals surface area contributed by atoms with Crippen LogP contribution < -0.4 is 9.47 Å². The van der Waals surface area contributed by atoms with E-state index >= 15 is 0 Å². The second-order valence-corrected chi connectivity index (χ2v) is 8.19. The van der Waals surface area contributed by atoms with Gasteiger partial charge < -0.3 is 9.47 Å². The smallest absolute Gasteiger partial charge is 0.441 e. The third kappa shape index (κ3) is 4.84. The van der Waals surface area contributed by atoms with Crippen molar-refractivity contribution in [1.29, 1.82) is 5.41 Å². The molecule has 1 unspecified atom stereocenters. The minimum Gasteiger partial charge on any atom is -0.490 e. The molecule has 0 spiro atoms. The SMILES string of the molecule is CCOc1cc(C=C2C(=N)N3N=C(C(F)(F)F)SC3=NC2=O)ccc1OC(C)c1ccccc1. The molecular weight excluding hydrogens is 469 g/mol. The minimum absolute atomic E-state index is 0.190. The van der Waals surface area contributed by atoms with Crippen LogP contribution in [-0.2, 0) is 4.79 Å². The van der Waals surface area contributed by atoms with Gasteiger partial charge in [-0.25, -0.2) is 0 Å². The summed E-state index contributed by atoms with van der Waals surface area (Å²) in [6, 6.07) is 14.6. The Bertz CT molecular complexity index is 1230. The van der Waals surface area contributed by atoms with Gasteiger partial charge in [0.25, 0.3) is 5.91 Å². The number of alkyl halides is 3. The first-order valence-electron chi connectivity index (χ1n) is 10.2. The standard InChI is InChI=1S/C23H19F3N4O3S/c1-3-32-18-12-14(9-10-17(18)33-13(2)15-7-5-4-6-8-15)11-16-19(27)30-22(28-20(16)31)34-21(29-30)23(24,25)26/h4-13,27H,3H2,1-2H3. The highest BCUT2D eigenvalue weighted by Crippen LogP contribution is 2.36. The number of carbonyl (C=O) groups excluding carboxylic acids is 1. The summed E-state index contributed by atoms with van der Waals surface area (Å²) in [4.78, 5) is 16.1. The molecule has 1 N–H and O–H groups in total. The molecule has 2 aliphatic heterocycles. The second-order valence-electron chi connectivity index (χ2n) is 7.23. The summed E-state index contributed by atoms with van der Waals surface area (Å²) in [5.74, 6) is -0.398. The summed E-state index contributed by atoms with van der Waals surface area (Å²) in [6.45, 7) is 4.08. The summed E-state index contributed by atoms with van der Waals surface area (Å²) in [7, 11) is 0. The predicted molar refractivity (Wildman–Crippen MR) is 124 cm³/mol. The van der Waals surface area contributed by atoms with E-state index in [1.807, 2.05) is 44.2 Å². The van der Waals surface area contributed by atoms with Gasteiger partial charge in [0.2, 0.25) is 10.2 Å². The van der Waals surface area contributed by atoms with Gasteiger partial charge in [-0.15, -0.1) is 0 Å². The van der Waals surface area contributed by atoms with Gasteiger partial charge in [0, 0.05) is 0 Å². The van der Waals surface area contributed by atoms with E-state index in [-0.39, 0.29) is 28.6 Å². The maximum atomic E-state index is 13.0. The lowest BCUT2D eigenvalue weighted by Crippen LogP contribution is -2.35. The van der Waals surface area contributed by atoms with Crippen LogP contribution in [0.25, 0.3) is 6.08 Å². The van der Waals surface area contributed by atoms with Crippen molar-refractivity contribution < 1.29 is 27.4 Å². The average molecular weight is 488 g/mol. The van der Waals surface area contributed by atoms with Crippen LogP contribution in [0.15, 0.2) is 64.2 Å². The van der Waals surface area contributed by atoms with Crippen LogP contribution >= 0.6 is 11.8 Å². The van der Waals surface area contributed by atoms with E-state index in [1.165, 1.54) is 6.08 Å². The number of hydrogen-bond donors (Lipinski definition) is 1. The number of amides is 1. The van der Waals surface area contributed by atoms with E-state index in [2.05, 4.69) is 10.1 Å². The van der Waals surface area contributed by atoms with Gasteiger partial charge in [0.1, 0.15) is 6.10 Å². The molecule has 2 aliphatic rings. The van der Waals surface area contributed by atoms with Crippen molar-refractivity contribution in [2.24, 2.45) is 10.1 Å². The Kier molecular flexibility index (Phi) is 6.47. The molecule has 1 amide bonds. The molecule has 0 radical (unpaired) electrons. The molecule has 0 bridgehead atoms. The normalized spacial score (nSPS) is 17.9. The molecule has 7 nitrogen and oxygen atoms in total. The first-order valence-corrected chi connectivity index (χ1v) is 11.0. The van der Waals surface area contributed by atoms with Crippen molar-refractivity contribution >= 4 is 39.8 Å². The number of nitrogens with one attached hydrogen (secondary N) is 1. The zero-order chi connectivity index (χ0) is 24.5. The van der Waals surface area contributed by atoms with E-state index in [4.69, 9.17) is 14.9 Å². The summed E-state index contributed by atoms with van der Waals surface area (Å²) in [5.41, 5.74) is 1.28.